The Hall–Kier alpha value is -1.59. The Morgan fingerprint density at radius 3 is 2.83 bits per heavy atom. The number of hydrogen-bond donors (Lipinski definition) is 2. The molecule has 0 spiro atoms. The van der Waals surface area contributed by atoms with Gasteiger partial charge in [0, 0.05) is 5.56 Å². The van der Waals surface area contributed by atoms with Crippen molar-refractivity contribution in [1.29, 1.82) is 0 Å². The van der Waals surface area contributed by atoms with Crippen LogP contribution in [0, 0.1) is 0 Å². The number of allylic oxidation sites excluding steroid dienone is 1. The Labute approximate surface area is 107 Å². The van der Waals surface area contributed by atoms with Gasteiger partial charge in [-0.1, -0.05) is 36.9 Å². The number of nitrogens with one attached hydrogen (secondary N) is 2. The fourth-order valence-electron chi connectivity index (χ4n) is 2.06. The van der Waals surface area contributed by atoms with Crippen LogP contribution in [0.15, 0.2) is 30.9 Å². The van der Waals surface area contributed by atoms with Crippen molar-refractivity contribution in [2.45, 2.75) is 12.8 Å². The summed E-state index contributed by atoms with van der Waals surface area (Å²) in [6.07, 6.45) is 6.76. The van der Waals surface area contributed by atoms with Gasteiger partial charge in [-0.15, -0.1) is 4.83 Å². The second-order valence-electron chi connectivity index (χ2n) is 4.23. The van der Waals surface area contributed by atoms with E-state index in [0.717, 1.165) is 35.9 Å². The van der Waals surface area contributed by atoms with Crippen LogP contribution in [0.2, 0.25) is 0 Å². The third kappa shape index (κ3) is 2.80. The first-order chi connectivity index (χ1) is 8.51. The van der Waals surface area contributed by atoms with Crippen molar-refractivity contribution in [3.63, 3.8) is 0 Å². The molecule has 1 aromatic rings. The van der Waals surface area contributed by atoms with Crippen molar-refractivity contribution >= 4 is 21.8 Å². The van der Waals surface area contributed by atoms with Gasteiger partial charge < -0.3 is 5.43 Å². The van der Waals surface area contributed by atoms with E-state index >= 15 is 0 Å². The second-order valence-corrected chi connectivity index (χ2v) is 5.98. The largest absolute Gasteiger partial charge is 0.308 e. The fourth-order valence-corrected chi connectivity index (χ4v) is 2.36. The molecule has 0 unspecified atom stereocenters. The third-order valence-electron chi connectivity index (χ3n) is 2.84. The SMILES string of the molecule is C=Cc1cccc2c1CCC=C2NNS(C)(=O)=O. The van der Waals surface area contributed by atoms with E-state index in [1.807, 2.05) is 30.4 Å². The standard InChI is InChI=1S/C13H16N2O2S/c1-3-10-6-4-8-12-11(10)7-5-9-13(12)14-15-18(2,16)17/h3-4,6,8-9,14-15H,1,5,7H2,2H3. The summed E-state index contributed by atoms with van der Waals surface area (Å²) < 4.78 is 22.2. The highest BCUT2D eigenvalue weighted by Gasteiger charge is 2.15. The molecule has 0 bridgehead atoms. The molecule has 0 aliphatic heterocycles. The highest BCUT2D eigenvalue weighted by atomic mass is 32.2. The molecule has 1 aliphatic carbocycles. The van der Waals surface area contributed by atoms with Crippen LogP contribution in [0.1, 0.15) is 23.1 Å². The zero-order chi connectivity index (χ0) is 13.2. The van der Waals surface area contributed by atoms with Gasteiger partial charge in [0.05, 0.1) is 12.0 Å². The molecule has 2 rings (SSSR count). The molecule has 0 aromatic heterocycles. The maximum atomic E-state index is 11.1. The molecule has 4 nitrogen and oxygen atoms in total. The van der Waals surface area contributed by atoms with Crippen molar-refractivity contribution in [3.8, 4) is 0 Å². The molecule has 0 heterocycles. The van der Waals surface area contributed by atoms with Crippen molar-refractivity contribution < 1.29 is 8.42 Å². The molecule has 0 fully saturated rings. The van der Waals surface area contributed by atoms with Gasteiger partial charge in [-0.2, -0.15) is 0 Å². The van der Waals surface area contributed by atoms with E-state index < -0.39 is 10.0 Å². The molecule has 5 heteroatoms. The monoisotopic (exact) mass is 264 g/mol. The summed E-state index contributed by atoms with van der Waals surface area (Å²) in [4.78, 5) is 2.30. The normalized spacial score (nSPS) is 14.6. The summed E-state index contributed by atoms with van der Waals surface area (Å²) in [6, 6.07) is 5.93. The zero-order valence-electron chi connectivity index (χ0n) is 10.2. The first-order valence-corrected chi connectivity index (χ1v) is 7.58. The summed E-state index contributed by atoms with van der Waals surface area (Å²) in [5.41, 5.74) is 6.88. The van der Waals surface area contributed by atoms with Crippen LogP contribution in [-0.2, 0) is 16.4 Å². The van der Waals surface area contributed by atoms with E-state index in [0.29, 0.717) is 0 Å². The summed E-state index contributed by atoms with van der Waals surface area (Å²) in [6.45, 7) is 3.80. The smallest absolute Gasteiger partial charge is 0.225 e. The molecule has 0 saturated carbocycles. The molecule has 1 aliphatic rings. The van der Waals surface area contributed by atoms with Gasteiger partial charge in [-0.3, -0.25) is 0 Å². The lowest BCUT2D eigenvalue weighted by Gasteiger charge is -2.20. The molecule has 1 aromatic carbocycles. The minimum atomic E-state index is -3.26. The lowest BCUT2D eigenvalue weighted by atomic mass is 9.91. The van der Waals surface area contributed by atoms with Crippen LogP contribution in [0.25, 0.3) is 11.8 Å². The van der Waals surface area contributed by atoms with Gasteiger partial charge in [-0.05, 0) is 24.0 Å². The minimum absolute atomic E-state index is 0.797. The first kappa shape index (κ1) is 12.9. The van der Waals surface area contributed by atoms with E-state index in [2.05, 4.69) is 16.8 Å². The second kappa shape index (κ2) is 4.96. The predicted octanol–water partition coefficient (Wildman–Crippen LogP) is 1.67. The highest BCUT2D eigenvalue weighted by Crippen LogP contribution is 2.27. The average Bonchev–Trinajstić information content (AvgIpc) is 2.34. The van der Waals surface area contributed by atoms with Crippen LogP contribution >= 0.6 is 0 Å². The number of hydrogen-bond acceptors (Lipinski definition) is 3. The Morgan fingerprint density at radius 2 is 2.17 bits per heavy atom. The Morgan fingerprint density at radius 1 is 1.39 bits per heavy atom. The van der Waals surface area contributed by atoms with Gasteiger partial charge in [0.2, 0.25) is 10.0 Å². The molecule has 96 valence electrons. The van der Waals surface area contributed by atoms with E-state index in [4.69, 9.17) is 0 Å². The number of hydrazine groups is 1. The molecule has 0 amide bonds. The molecule has 0 saturated heterocycles. The Bertz CT molecular complexity index is 603. The third-order valence-corrected chi connectivity index (χ3v) is 3.31. The summed E-state index contributed by atoms with van der Waals surface area (Å²) >= 11 is 0. The highest BCUT2D eigenvalue weighted by molar-refractivity contribution is 7.88. The summed E-state index contributed by atoms with van der Waals surface area (Å²) in [5, 5.41) is 0. The summed E-state index contributed by atoms with van der Waals surface area (Å²) in [7, 11) is -3.26. The van der Waals surface area contributed by atoms with Crippen molar-refractivity contribution in [2.75, 3.05) is 6.26 Å². The molecular weight excluding hydrogens is 248 g/mol. The fraction of sp³-hybridized carbons (Fsp3) is 0.231. The number of benzene rings is 1. The van der Waals surface area contributed by atoms with Crippen molar-refractivity contribution in [1.82, 2.24) is 10.3 Å². The van der Waals surface area contributed by atoms with Crippen LogP contribution in [0.4, 0.5) is 0 Å². The summed E-state index contributed by atoms with van der Waals surface area (Å²) in [5.74, 6) is 0. The van der Waals surface area contributed by atoms with E-state index in [1.165, 1.54) is 5.56 Å². The lowest BCUT2D eigenvalue weighted by Crippen LogP contribution is -2.35. The van der Waals surface area contributed by atoms with E-state index in [9.17, 15) is 8.42 Å². The van der Waals surface area contributed by atoms with Crippen LogP contribution in [0.3, 0.4) is 0 Å². The number of fused-ring (bicyclic) bond motifs is 1. The van der Waals surface area contributed by atoms with E-state index in [1.54, 1.807) is 0 Å². The molecule has 0 atom stereocenters. The van der Waals surface area contributed by atoms with Crippen LogP contribution < -0.4 is 10.3 Å². The molecule has 18 heavy (non-hydrogen) atoms. The zero-order valence-corrected chi connectivity index (χ0v) is 11.0. The molecule has 2 N–H and O–H groups in total. The maximum Gasteiger partial charge on any atom is 0.225 e. The van der Waals surface area contributed by atoms with Gasteiger partial charge in [-0.25, -0.2) is 8.42 Å². The number of sulfonamides is 1. The van der Waals surface area contributed by atoms with E-state index in [-0.39, 0.29) is 0 Å². The van der Waals surface area contributed by atoms with Gasteiger partial charge in [0.25, 0.3) is 0 Å². The Balaban J connectivity index is 2.31. The molecular formula is C13H16N2O2S. The van der Waals surface area contributed by atoms with Gasteiger partial charge in [0.15, 0.2) is 0 Å². The van der Waals surface area contributed by atoms with Crippen LogP contribution in [-0.4, -0.2) is 14.7 Å². The maximum absolute atomic E-state index is 11.1. The topological polar surface area (TPSA) is 58.2 Å². The lowest BCUT2D eigenvalue weighted by molar-refractivity contribution is 0.582. The minimum Gasteiger partial charge on any atom is -0.308 e. The van der Waals surface area contributed by atoms with Gasteiger partial charge >= 0.3 is 0 Å². The number of rotatable bonds is 4. The van der Waals surface area contributed by atoms with Crippen molar-refractivity contribution in [3.05, 3.63) is 47.5 Å². The Kier molecular flexibility index (Phi) is 3.54. The van der Waals surface area contributed by atoms with Gasteiger partial charge in [0.1, 0.15) is 0 Å². The average molecular weight is 264 g/mol. The molecule has 0 radical (unpaired) electrons. The first-order valence-electron chi connectivity index (χ1n) is 5.69. The van der Waals surface area contributed by atoms with Crippen molar-refractivity contribution in [2.24, 2.45) is 0 Å². The quantitative estimate of drug-likeness (QED) is 0.813. The predicted molar refractivity (Wildman–Crippen MR) is 73.9 cm³/mol. The van der Waals surface area contributed by atoms with Crippen LogP contribution in [0.5, 0.6) is 0 Å².